The quantitative estimate of drug-likeness (QED) is 0.732. The molecule has 0 saturated carbocycles. The fraction of sp³-hybridized carbons (Fsp3) is 0.143. The Morgan fingerprint density at radius 3 is 2.32 bits per heavy atom. The Labute approximate surface area is 111 Å². The summed E-state index contributed by atoms with van der Waals surface area (Å²) in [7, 11) is 0. The molecule has 0 bridgehead atoms. The minimum Gasteiger partial charge on any atom is -0.289 e. The van der Waals surface area contributed by atoms with Crippen LogP contribution in [0.2, 0.25) is 0 Å². The van der Waals surface area contributed by atoms with Gasteiger partial charge in [0.2, 0.25) is 0 Å². The second-order valence-electron chi connectivity index (χ2n) is 4.48. The number of fused-ring (bicyclic) bond motifs is 3. The molecule has 0 fully saturated rings. The molecule has 19 heavy (non-hydrogen) atoms. The fourth-order valence-corrected chi connectivity index (χ4v) is 3.39. The zero-order chi connectivity index (χ0) is 13.9. The van der Waals surface area contributed by atoms with Gasteiger partial charge in [-0.25, -0.2) is 8.78 Å². The van der Waals surface area contributed by atoms with E-state index in [9.17, 15) is 18.4 Å². The molecule has 96 valence electrons. The molecule has 1 aromatic carbocycles. The molecule has 3 rings (SSSR count). The lowest BCUT2D eigenvalue weighted by Crippen LogP contribution is -2.17. The zero-order valence-electron chi connectivity index (χ0n) is 10.1. The number of halogens is 2. The van der Waals surface area contributed by atoms with Gasteiger partial charge in [-0.3, -0.25) is 9.59 Å². The summed E-state index contributed by atoms with van der Waals surface area (Å²) in [6.45, 7) is 3.12. The minimum absolute atomic E-state index is 0.131. The van der Waals surface area contributed by atoms with Crippen LogP contribution in [0, 0.1) is 11.6 Å². The fourth-order valence-electron chi connectivity index (χ4n) is 2.21. The largest absolute Gasteiger partial charge is 0.289 e. The molecule has 5 heteroatoms. The molecule has 1 aliphatic carbocycles. The van der Waals surface area contributed by atoms with Gasteiger partial charge in [0.25, 0.3) is 0 Å². The number of Topliss-reactive ketones (excluding diaryl/α,β-unsaturated/α-hetero) is 2. The van der Waals surface area contributed by atoms with E-state index in [1.54, 1.807) is 13.8 Å². The van der Waals surface area contributed by atoms with Crippen molar-refractivity contribution in [1.82, 2.24) is 0 Å². The van der Waals surface area contributed by atoms with E-state index in [4.69, 9.17) is 0 Å². The number of rotatable bonds is 0. The Morgan fingerprint density at radius 2 is 1.63 bits per heavy atom. The van der Waals surface area contributed by atoms with Gasteiger partial charge in [-0.1, -0.05) is 0 Å². The molecule has 0 radical (unpaired) electrons. The van der Waals surface area contributed by atoms with Crippen LogP contribution in [0.1, 0.15) is 33.9 Å². The van der Waals surface area contributed by atoms with Gasteiger partial charge in [0, 0.05) is 22.6 Å². The maximum Gasteiger partial charge on any atom is 0.199 e. The van der Waals surface area contributed by atoms with Crippen molar-refractivity contribution in [2.24, 2.45) is 0 Å². The third kappa shape index (κ3) is 1.51. The second kappa shape index (κ2) is 3.81. The Morgan fingerprint density at radius 1 is 1.00 bits per heavy atom. The number of carbonyl (C=O) groups excluding carboxylic acids is 2. The van der Waals surface area contributed by atoms with E-state index in [1.807, 2.05) is 0 Å². The van der Waals surface area contributed by atoms with Crippen molar-refractivity contribution >= 4 is 33.0 Å². The molecule has 1 aliphatic rings. The van der Waals surface area contributed by atoms with Crippen LogP contribution in [-0.2, 0) is 0 Å². The summed E-state index contributed by atoms with van der Waals surface area (Å²) < 4.78 is 27.2. The molecule has 2 aromatic rings. The highest BCUT2D eigenvalue weighted by Crippen LogP contribution is 2.39. The standard InChI is InChI=1S/C14H8F2O2S/c1-5-6(2)12(18)14-10(11(5)17)8-3-7(15)4-9(16)13(8)19-14/h3-4H,1-2H3. The molecular weight excluding hydrogens is 270 g/mol. The topological polar surface area (TPSA) is 34.1 Å². The SMILES string of the molecule is CC1=C(C)C(=O)c2c(sc3c(F)cc(F)cc23)C1=O. The van der Waals surface area contributed by atoms with Crippen molar-refractivity contribution in [2.75, 3.05) is 0 Å². The molecule has 0 N–H and O–H groups in total. The normalized spacial score (nSPS) is 15.4. The summed E-state index contributed by atoms with van der Waals surface area (Å²) in [6, 6.07) is 1.86. The van der Waals surface area contributed by atoms with E-state index in [0.717, 1.165) is 23.5 Å². The summed E-state index contributed by atoms with van der Waals surface area (Å²) >= 11 is 0.906. The van der Waals surface area contributed by atoms with Crippen molar-refractivity contribution in [3.05, 3.63) is 45.4 Å². The highest BCUT2D eigenvalue weighted by molar-refractivity contribution is 7.21. The molecule has 0 aliphatic heterocycles. The molecule has 1 aromatic heterocycles. The zero-order valence-corrected chi connectivity index (χ0v) is 11.0. The third-order valence-electron chi connectivity index (χ3n) is 3.39. The third-order valence-corrected chi connectivity index (χ3v) is 4.60. The number of thiophene rings is 1. The van der Waals surface area contributed by atoms with Crippen LogP contribution >= 0.6 is 11.3 Å². The predicted molar refractivity (Wildman–Crippen MR) is 68.8 cm³/mol. The molecule has 0 spiro atoms. The lowest BCUT2D eigenvalue weighted by molar-refractivity contribution is 0.0979. The van der Waals surface area contributed by atoms with Crippen molar-refractivity contribution in [3.8, 4) is 0 Å². The van der Waals surface area contributed by atoms with Crippen LogP contribution in [0.5, 0.6) is 0 Å². The minimum atomic E-state index is -0.755. The van der Waals surface area contributed by atoms with Crippen LogP contribution in [0.25, 0.3) is 10.1 Å². The summed E-state index contributed by atoms with van der Waals surface area (Å²) in [6.07, 6.45) is 0. The van der Waals surface area contributed by atoms with E-state index >= 15 is 0 Å². The maximum absolute atomic E-state index is 13.7. The van der Waals surface area contributed by atoms with E-state index < -0.39 is 11.6 Å². The summed E-state index contributed by atoms with van der Waals surface area (Å²) in [5.74, 6) is -2.11. The van der Waals surface area contributed by atoms with Gasteiger partial charge in [0.1, 0.15) is 11.6 Å². The molecule has 0 atom stereocenters. The van der Waals surface area contributed by atoms with E-state index in [-0.39, 0.29) is 32.1 Å². The van der Waals surface area contributed by atoms with Crippen LogP contribution in [0.15, 0.2) is 23.3 Å². The van der Waals surface area contributed by atoms with Gasteiger partial charge < -0.3 is 0 Å². The van der Waals surface area contributed by atoms with Gasteiger partial charge in [-0.2, -0.15) is 0 Å². The Balaban J connectivity index is 2.46. The van der Waals surface area contributed by atoms with Gasteiger partial charge in [-0.05, 0) is 19.9 Å². The average molecular weight is 278 g/mol. The van der Waals surface area contributed by atoms with Crippen molar-refractivity contribution < 1.29 is 18.4 Å². The van der Waals surface area contributed by atoms with Crippen LogP contribution in [0.4, 0.5) is 8.78 Å². The lowest BCUT2D eigenvalue weighted by atomic mass is 9.89. The molecule has 0 amide bonds. The van der Waals surface area contributed by atoms with Gasteiger partial charge >= 0.3 is 0 Å². The number of ketones is 2. The van der Waals surface area contributed by atoms with Gasteiger partial charge in [-0.15, -0.1) is 11.3 Å². The monoisotopic (exact) mass is 278 g/mol. The van der Waals surface area contributed by atoms with E-state index in [2.05, 4.69) is 0 Å². The van der Waals surface area contributed by atoms with Crippen molar-refractivity contribution in [1.29, 1.82) is 0 Å². The first-order valence-corrected chi connectivity index (χ1v) is 6.42. The molecule has 0 saturated heterocycles. The summed E-state index contributed by atoms with van der Waals surface area (Å²) in [5.41, 5.74) is 0.832. The highest BCUT2D eigenvalue weighted by Gasteiger charge is 2.32. The smallest absolute Gasteiger partial charge is 0.199 e. The highest BCUT2D eigenvalue weighted by atomic mass is 32.1. The average Bonchev–Trinajstić information content (AvgIpc) is 2.73. The second-order valence-corrected chi connectivity index (χ2v) is 5.50. The van der Waals surface area contributed by atoms with Crippen LogP contribution in [0.3, 0.4) is 0 Å². The van der Waals surface area contributed by atoms with Gasteiger partial charge in [0.15, 0.2) is 11.6 Å². The molecule has 2 nitrogen and oxygen atoms in total. The van der Waals surface area contributed by atoms with E-state index in [1.165, 1.54) is 0 Å². The lowest BCUT2D eigenvalue weighted by Gasteiger charge is -2.12. The van der Waals surface area contributed by atoms with Crippen LogP contribution in [-0.4, -0.2) is 11.6 Å². The first-order chi connectivity index (χ1) is 8.91. The summed E-state index contributed by atoms with van der Waals surface area (Å²) in [4.78, 5) is 24.5. The Kier molecular flexibility index (Phi) is 2.44. The Bertz CT molecular complexity index is 799. The van der Waals surface area contributed by atoms with E-state index in [0.29, 0.717) is 11.1 Å². The molecular formula is C14H8F2O2S. The first-order valence-electron chi connectivity index (χ1n) is 5.60. The summed E-state index contributed by atoms with van der Waals surface area (Å²) in [5, 5.41) is 0.183. The van der Waals surface area contributed by atoms with Crippen LogP contribution < -0.4 is 0 Å². The van der Waals surface area contributed by atoms with Crippen molar-refractivity contribution in [3.63, 3.8) is 0 Å². The number of carbonyl (C=O) groups is 2. The molecule has 1 heterocycles. The maximum atomic E-state index is 13.7. The van der Waals surface area contributed by atoms with Crippen molar-refractivity contribution in [2.45, 2.75) is 13.8 Å². The first kappa shape index (κ1) is 12.2. The Hall–Kier alpha value is -1.88. The number of benzene rings is 1. The molecule has 0 unspecified atom stereocenters. The van der Waals surface area contributed by atoms with Gasteiger partial charge in [0.05, 0.1) is 15.1 Å². The number of allylic oxidation sites excluding steroid dienone is 2. The predicted octanol–water partition coefficient (Wildman–Crippen LogP) is 3.89. The number of hydrogen-bond donors (Lipinski definition) is 0. The number of hydrogen-bond acceptors (Lipinski definition) is 3.